The van der Waals surface area contributed by atoms with Crippen LogP contribution in [0.3, 0.4) is 0 Å². The second-order valence-electron chi connectivity index (χ2n) is 4.62. The molecule has 5 nitrogen and oxygen atoms in total. The lowest BCUT2D eigenvalue weighted by Crippen LogP contribution is -2.51. The molecule has 1 atom stereocenters. The second kappa shape index (κ2) is 4.25. The number of aryl methyl sites for hydroxylation is 1. The molecule has 0 spiro atoms. The average molecular weight is 225 g/mol. The van der Waals surface area contributed by atoms with Gasteiger partial charge in [-0.05, 0) is 27.7 Å². The third-order valence-electron chi connectivity index (χ3n) is 2.96. The van der Waals surface area contributed by atoms with Gasteiger partial charge in [-0.3, -0.25) is 9.48 Å². The quantitative estimate of drug-likeness (QED) is 0.792. The lowest BCUT2D eigenvalue weighted by molar-refractivity contribution is 0.0709. The highest BCUT2D eigenvalue weighted by Gasteiger charge is 2.27. The van der Waals surface area contributed by atoms with Crippen LogP contribution in [0.15, 0.2) is 6.20 Å². The van der Waals surface area contributed by atoms with Crippen molar-refractivity contribution in [2.75, 3.05) is 0 Å². The van der Waals surface area contributed by atoms with Gasteiger partial charge in [-0.15, -0.1) is 0 Å². The van der Waals surface area contributed by atoms with Crippen molar-refractivity contribution in [1.29, 1.82) is 0 Å². The van der Waals surface area contributed by atoms with Crippen molar-refractivity contribution in [3.63, 3.8) is 0 Å². The number of nitrogens with zero attached hydrogens (tertiary/aromatic N) is 2. The van der Waals surface area contributed by atoms with Gasteiger partial charge in [0.2, 0.25) is 0 Å². The molecule has 1 aromatic heterocycles. The van der Waals surface area contributed by atoms with E-state index in [9.17, 15) is 9.90 Å². The van der Waals surface area contributed by atoms with Crippen LogP contribution < -0.4 is 5.32 Å². The molecule has 0 bridgehead atoms. The predicted molar refractivity (Wildman–Crippen MR) is 61.2 cm³/mol. The number of rotatable bonds is 3. The maximum atomic E-state index is 11.9. The van der Waals surface area contributed by atoms with E-state index in [-0.39, 0.29) is 5.91 Å². The van der Waals surface area contributed by atoms with Gasteiger partial charge < -0.3 is 10.4 Å². The molecule has 0 aliphatic carbocycles. The van der Waals surface area contributed by atoms with Crippen molar-refractivity contribution in [1.82, 2.24) is 15.1 Å². The summed E-state index contributed by atoms with van der Waals surface area (Å²) in [4.78, 5) is 11.9. The average Bonchev–Trinajstić information content (AvgIpc) is 2.46. The number of hydrogen-bond acceptors (Lipinski definition) is 3. The highest BCUT2D eigenvalue weighted by atomic mass is 16.3. The first-order valence-corrected chi connectivity index (χ1v) is 5.25. The van der Waals surface area contributed by atoms with E-state index in [1.807, 2.05) is 6.92 Å². The molecular formula is C11H19N3O2. The summed E-state index contributed by atoms with van der Waals surface area (Å²) in [6.45, 7) is 7.04. The molecule has 1 unspecified atom stereocenters. The number of aliphatic hydroxyl groups is 1. The normalized spacial score (nSPS) is 13.6. The first kappa shape index (κ1) is 12.7. The topological polar surface area (TPSA) is 67.2 Å². The molecule has 2 N–H and O–H groups in total. The number of amides is 1. The van der Waals surface area contributed by atoms with Crippen LogP contribution in [0.2, 0.25) is 0 Å². The molecule has 0 aromatic carbocycles. The van der Waals surface area contributed by atoms with Crippen LogP contribution in [0.1, 0.15) is 36.8 Å². The fourth-order valence-electron chi connectivity index (χ4n) is 1.19. The molecule has 90 valence electrons. The zero-order chi connectivity index (χ0) is 12.5. The Balaban J connectivity index is 2.85. The second-order valence-corrected chi connectivity index (χ2v) is 4.62. The van der Waals surface area contributed by atoms with E-state index in [2.05, 4.69) is 10.4 Å². The molecule has 5 heteroatoms. The van der Waals surface area contributed by atoms with Gasteiger partial charge in [0, 0.05) is 12.7 Å². The summed E-state index contributed by atoms with van der Waals surface area (Å²) >= 11 is 0. The predicted octanol–water partition coefficient (Wildman–Crippen LogP) is 0.618. The highest BCUT2D eigenvalue weighted by molar-refractivity contribution is 5.95. The van der Waals surface area contributed by atoms with E-state index in [1.165, 1.54) is 6.20 Å². The van der Waals surface area contributed by atoms with Gasteiger partial charge >= 0.3 is 0 Å². The lowest BCUT2D eigenvalue weighted by atomic mass is 9.98. The maximum absolute atomic E-state index is 11.9. The summed E-state index contributed by atoms with van der Waals surface area (Å²) in [7, 11) is 1.78. The largest absolute Gasteiger partial charge is 0.391 e. The zero-order valence-corrected chi connectivity index (χ0v) is 10.4. The molecule has 0 saturated heterocycles. The van der Waals surface area contributed by atoms with Crippen LogP contribution in [0.5, 0.6) is 0 Å². The van der Waals surface area contributed by atoms with Crippen LogP contribution in [0, 0.1) is 6.92 Å². The third-order valence-corrected chi connectivity index (χ3v) is 2.96. The Morgan fingerprint density at radius 1 is 1.62 bits per heavy atom. The third kappa shape index (κ3) is 2.41. The van der Waals surface area contributed by atoms with Crippen molar-refractivity contribution in [3.8, 4) is 0 Å². The fourth-order valence-corrected chi connectivity index (χ4v) is 1.19. The molecule has 0 saturated carbocycles. The van der Waals surface area contributed by atoms with Gasteiger partial charge in [-0.25, -0.2) is 0 Å². The van der Waals surface area contributed by atoms with Crippen molar-refractivity contribution < 1.29 is 9.90 Å². The molecule has 0 radical (unpaired) electrons. The first-order chi connectivity index (χ1) is 7.25. The Labute approximate surface area is 95.5 Å². The van der Waals surface area contributed by atoms with E-state index < -0.39 is 11.6 Å². The Bertz CT molecular complexity index is 394. The molecule has 1 heterocycles. The Kier molecular flexibility index (Phi) is 3.38. The standard InChI is InChI=1S/C11H19N3O2/c1-7-9(6-12-14(7)5)10(16)13-11(3,4)8(2)15/h6,8,15H,1-5H3,(H,13,16). The Morgan fingerprint density at radius 3 is 2.56 bits per heavy atom. The molecule has 0 aliphatic heterocycles. The van der Waals surface area contributed by atoms with E-state index in [0.717, 1.165) is 5.69 Å². The summed E-state index contributed by atoms with van der Waals surface area (Å²) in [6, 6.07) is 0. The van der Waals surface area contributed by atoms with Gasteiger partial charge in [0.25, 0.3) is 5.91 Å². The van der Waals surface area contributed by atoms with Crippen LogP contribution in [-0.4, -0.2) is 32.4 Å². The smallest absolute Gasteiger partial charge is 0.255 e. The van der Waals surface area contributed by atoms with Crippen LogP contribution >= 0.6 is 0 Å². The number of nitrogens with one attached hydrogen (secondary N) is 1. The van der Waals surface area contributed by atoms with Gasteiger partial charge in [-0.1, -0.05) is 0 Å². The minimum absolute atomic E-state index is 0.212. The van der Waals surface area contributed by atoms with Crippen LogP contribution in [0.4, 0.5) is 0 Å². The summed E-state index contributed by atoms with van der Waals surface area (Å²) in [6.07, 6.45) is 0.913. The van der Waals surface area contributed by atoms with E-state index in [1.54, 1.807) is 32.5 Å². The van der Waals surface area contributed by atoms with Crippen molar-refractivity contribution in [3.05, 3.63) is 17.5 Å². The number of carbonyl (C=O) groups excluding carboxylic acids is 1. The van der Waals surface area contributed by atoms with Crippen molar-refractivity contribution >= 4 is 5.91 Å². The number of hydrogen-bond donors (Lipinski definition) is 2. The minimum atomic E-state index is -0.653. The molecule has 1 amide bonds. The SMILES string of the molecule is Cc1c(C(=O)NC(C)(C)C(C)O)cnn1C. The summed E-state index contributed by atoms with van der Waals surface area (Å²) < 4.78 is 1.64. The van der Waals surface area contributed by atoms with Gasteiger partial charge in [0.15, 0.2) is 0 Å². The first-order valence-electron chi connectivity index (χ1n) is 5.25. The van der Waals surface area contributed by atoms with Gasteiger partial charge in [0.1, 0.15) is 0 Å². The molecule has 1 rings (SSSR count). The van der Waals surface area contributed by atoms with Crippen LogP contribution in [0.25, 0.3) is 0 Å². The lowest BCUT2D eigenvalue weighted by Gasteiger charge is -2.29. The van der Waals surface area contributed by atoms with Gasteiger partial charge in [-0.2, -0.15) is 5.10 Å². The summed E-state index contributed by atoms with van der Waals surface area (Å²) in [5.41, 5.74) is 0.689. The number of carbonyl (C=O) groups is 1. The molecule has 0 aliphatic rings. The number of aromatic nitrogens is 2. The Morgan fingerprint density at radius 2 is 2.19 bits per heavy atom. The monoisotopic (exact) mass is 225 g/mol. The molecule has 1 aromatic rings. The molecular weight excluding hydrogens is 206 g/mol. The summed E-state index contributed by atoms with van der Waals surface area (Å²) in [5, 5.41) is 16.3. The van der Waals surface area contributed by atoms with Crippen molar-refractivity contribution in [2.45, 2.75) is 39.3 Å². The maximum Gasteiger partial charge on any atom is 0.255 e. The number of aliphatic hydroxyl groups excluding tert-OH is 1. The zero-order valence-electron chi connectivity index (χ0n) is 10.4. The van der Waals surface area contributed by atoms with E-state index in [4.69, 9.17) is 0 Å². The molecule has 16 heavy (non-hydrogen) atoms. The van der Waals surface area contributed by atoms with E-state index in [0.29, 0.717) is 5.56 Å². The van der Waals surface area contributed by atoms with Crippen LogP contribution in [-0.2, 0) is 7.05 Å². The van der Waals surface area contributed by atoms with Crippen molar-refractivity contribution in [2.24, 2.45) is 7.05 Å². The minimum Gasteiger partial charge on any atom is -0.391 e. The summed E-state index contributed by atoms with van der Waals surface area (Å²) in [5.74, 6) is -0.212. The van der Waals surface area contributed by atoms with Gasteiger partial charge in [0.05, 0.1) is 23.4 Å². The Hall–Kier alpha value is -1.36. The highest BCUT2D eigenvalue weighted by Crippen LogP contribution is 2.12. The van der Waals surface area contributed by atoms with E-state index >= 15 is 0 Å². The molecule has 0 fully saturated rings. The fraction of sp³-hybridized carbons (Fsp3) is 0.636.